The topological polar surface area (TPSA) is 26.3 Å². The first-order chi connectivity index (χ1) is 5.24. The summed E-state index contributed by atoms with van der Waals surface area (Å²) in [5.41, 5.74) is 0. The Balaban J connectivity index is 2.15. The molecule has 1 fully saturated rings. The third kappa shape index (κ3) is 3.23. The van der Waals surface area contributed by atoms with Crippen molar-refractivity contribution in [3.63, 3.8) is 0 Å². The first kappa shape index (κ1) is 9.04. The van der Waals surface area contributed by atoms with Crippen molar-refractivity contribution in [2.24, 2.45) is 5.92 Å². The first-order valence-electron chi connectivity index (χ1n) is 4.04. The number of carbonyl (C=O) groups excluding carboxylic acids is 1. The van der Waals surface area contributed by atoms with Gasteiger partial charge in [-0.1, -0.05) is 28.8 Å². The highest BCUT2D eigenvalue weighted by atomic mass is 79.9. The summed E-state index contributed by atoms with van der Waals surface area (Å²) in [5.74, 6) is 0.656. The number of hydrogen-bond acceptors (Lipinski definition) is 2. The minimum absolute atomic E-state index is 0.0741. The van der Waals surface area contributed by atoms with Gasteiger partial charge in [-0.2, -0.15) is 0 Å². The fraction of sp³-hybridized carbons (Fsp3) is 0.875. The number of esters is 1. The fourth-order valence-corrected chi connectivity index (χ4v) is 1.64. The van der Waals surface area contributed by atoms with Crippen LogP contribution in [-0.4, -0.2) is 17.4 Å². The van der Waals surface area contributed by atoms with E-state index in [1.807, 2.05) is 6.92 Å². The molecule has 64 valence electrons. The van der Waals surface area contributed by atoms with E-state index in [0.29, 0.717) is 6.61 Å². The van der Waals surface area contributed by atoms with E-state index in [1.165, 1.54) is 12.8 Å². The van der Waals surface area contributed by atoms with Crippen molar-refractivity contribution >= 4 is 21.9 Å². The van der Waals surface area contributed by atoms with E-state index in [9.17, 15) is 4.79 Å². The summed E-state index contributed by atoms with van der Waals surface area (Å²) in [6.45, 7) is 2.31. The average molecular weight is 221 g/mol. The molecule has 1 aliphatic rings. The molecule has 0 heterocycles. The maximum Gasteiger partial charge on any atom is 0.319 e. The van der Waals surface area contributed by atoms with E-state index in [4.69, 9.17) is 4.74 Å². The van der Waals surface area contributed by atoms with Crippen LogP contribution in [0.1, 0.15) is 26.2 Å². The van der Waals surface area contributed by atoms with Crippen molar-refractivity contribution in [2.75, 3.05) is 6.61 Å². The molecule has 0 bridgehead atoms. The zero-order chi connectivity index (χ0) is 8.27. The van der Waals surface area contributed by atoms with Crippen LogP contribution in [0.4, 0.5) is 0 Å². The van der Waals surface area contributed by atoms with Gasteiger partial charge in [0.15, 0.2) is 0 Å². The molecule has 0 radical (unpaired) electrons. The number of carbonyl (C=O) groups is 1. The highest BCUT2D eigenvalue weighted by molar-refractivity contribution is 9.10. The molecule has 2 nitrogen and oxygen atoms in total. The Morgan fingerprint density at radius 1 is 1.73 bits per heavy atom. The van der Waals surface area contributed by atoms with Crippen LogP contribution in [0, 0.1) is 5.92 Å². The lowest BCUT2D eigenvalue weighted by Crippen LogP contribution is -2.17. The van der Waals surface area contributed by atoms with Gasteiger partial charge in [-0.3, -0.25) is 4.79 Å². The van der Waals surface area contributed by atoms with Crippen LogP contribution >= 0.6 is 15.9 Å². The summed E-state index contributed by atoms with van der Waals surface area (Å²) in [7, 11) is 0. The van der Waals surface area contributed by atoms with Crippen LogP contribution in [-0.2, 0) is 9.53 Å². The largest absolute Gasteiger partial charge is 0.465 e. The molecule has 1 unspecified atom stereocenters. The maximum atomic E-state index is 11.0. The van der Waals surface area contributed by atoms with E-state index in [-0.39, 0.29) is 10.8 Å². The van der Waals surface area contributed by atoms with E-state index in [0.717, 1.165) is 12.3 Å². The van der Waals surface area contributed by atoms with Crippen LogP contribution in [0.2, 0.25) is 0 Å². The van der Waals surface area contributed by atoms with Crippen LogP contribution in [0.5, 0.6) is 0 Å². The maximum absolute atomic E-state index is 11.0. The predicted molar refractivity (Wildman–Crippen MR) is 46.7 cm³/mol. The van der Waals surface area contributed by atoms with Gasteiger partial charge in [0.25, 0.3) is 0 Å². The van der Waals surface area contributed by atoms with Crippen LogP contribution in [0.25, 0.3) is 0 Å². The second kappa shape index (κ2) is 4.10. The Bertz CT molecular complexity index is 143. The lowest BCUT2D eigenvalue weighted by atomic mass is 10.2. The molecule has 1 rings (SSSR count). The van der Waals surface area contributed by atoms with E-state index < -0.39 is 0 Å². The first-order valence-corrected chi connectivity index (χ1v) is 4.96. The van der Waals surface area contributed by atoms with Crippen molar-refractivity contribution in [3.05, 3.63) is 0 Å². The minimum Gasteiger partial charge on any atom is -0.465 e. The molecular formula is C8H13BrO2. The second-order valence-electron chi connectivity index (χ2n) is 2.90. The molecule has 1 aliphatic carbocycles. The van der Waals surface area contributed by atoms with Gasteiger partial charge in [0.05, 0.1) is 6.61 Å². The SMILES string of the molecule is CCOC(=O)C(Br)CC1CC1. The van der Waals surface area contributed by atoms with Gasteiger partial charge in [-0.05, 0) is 19.3 Å². The lowest BCUT2D eigenvalue weighted by molar-refractivity contribution is -0.142. The molecule has 0 spiro atoms. The molecule has 11 heavy (non-hydrogen) atoms. The minimum atomic E-state index is -0.112. The molecule has 0 N–H and O–H groups in total. The highest BCUT2D eigenvalue weighted by Gasteiger charge is 2.28. The molecule has 0 aromatic rings. The van der Waals surface area contributed by atoms with Gasteiger partial charge in [0, 0.05) is 0 Å². The monoisotopic (exact) mass is 220 g/mol. The van der Waals surface area contributed by atoms with E-state index in [1.54, 1.807) is 0 Å². The molecular weight excluding hydrogens is 208 g/mol. The molecule has 0 aromatic carbocycles. The number of ether oxygens (including phenoxy) is 1. The average Bonchev–Trinajstić information content (AvgIpc) is 2.72. The number of hydrogen-bond donors (Lipinski definition) is 0. The summed E-state index contributed by atoms with van der Waals surface area (Å²) in [6.07, 6.45) is 3.50. The molecule has 1 atom stereocenters. The van der Waals surface area contributed by atoms with Gasteiger partial charge in [0.1, 0.15) is 4.83 Å². The lowest BCUT2D eigenvalue weighted by Gasteiger charge is -2.06. The van der Waals surface area contributed by atoms with Crippen molar-refractivity contribution in [2.45, 2.75) is 31.0 Å². The quantitative estimate of drug-likeness (QED) is 0.536. The van der Waals surface area contributed by atoms with Crippen LogP contribution < -0.4 is 0 Å². The van der Waals surface area contributed by atoms with Gasteiger partial charge in [-0.25, -0.2) is 0 Å². The zero-order valence-electron chi connectivity index (χ0n) is 6.68. The van der Waals surface area contributed by atoms with Gasteiger partial charge in [-0.15, -0.1) is 0 Å². The summed E-state index contributed by atoms with van der Waals surface area (Å²) in [6, 6.07) is 0. The Hall–Kier alpha value is -0.0500. The second-order valence-corrected chi connectivity index (χ2v) is 4.00. The van der Waals surface area contributed by atoms with Crippen LogP contribution in [0.3, 0.4) is 0 Å². The number of alkyl halides is 1. The van der Waals surface area contributed by atoms with E-state index in [2.05, 4.69) is 15.9 Å². The summed E-state index contributed by atoms with van der Waals surface area (Å²) < 4.78 is 4.85. The van der Waals surface area contributed by atoms with Gasteiger partial charge < -0.3 is 4.74 Å². The van der Waals surface area contributed by atoms with Crippen molar-refractivity contribution < 1.29 is 9.53 Å². The normalized spacial score (nSPS) is 19.5. The van der Waals surface area contributed by atoms with Crippen LogP contribution in [0.15, 0.2) is 0 Å². The number of rotatable bonds is 4. The molecule has 1 saturated carbocycles. The molecule has 0 amide bonds. The highest BCUT2D eigenvalue weighted by Crippen LogP contribution is 2.35. The van der Waals surface area contributed by atoms with Crippen molar-refractivity contribution in [3.8, 4) is 0 Å². The van der Waals surface area contributed by atoms with Crippen molar-refractivity contribution in [1.29, 1.82) is 0 Å². The predicted octanol–water partition coefficient (Wildman–Crippen LogP) is 2.11. The summed E-state index contributed by atoms with van der Waals surface area (Å²) in [5, 5.41) is 0. The third-order valence-electron chi connectivity index (χ3n) is 1.78. The third-order valence-corrected chi connectivity index (χ3v) is 2.53. The summed E-state index contributed by atoms with van der Waals surface area (Å²) in [4.78, 5) is 11.0. The Kier molecular flexibility index (Phi) is 3.37. The fourth-order valence-electron chi connectivity index (χ4n) is 0.975. The van der Waals surface area contributed by atoms with Crippen molar-refractivity contribution in [1.82, 2.24) is 0 Å². The standard InChI is InChI=1S/C8H13BrO2/c1-2-11-8(10)7(9)5-6-3-4-6/h6-7H,2-5H2,1H3. The Labute approximate surface area is 75.4 Å². The number of halogens is 1. The van der Waals surface area contributed by atoms with E-state index >= 15 is 0 Å². The molecule has 0 aromatic heterocycles. The summed E-state index contributed by atoms with van der Waals surface area (Å²) >= 11 is 3.31. The molecule has 3 heteroatoms. The molecule has 0 saturated heterocycles. The smallest absolute Gasteiger partial charge is 0.319 e. The molecule has 0 aliphatic heterocycles. The van der Waals surface area contributed by atoms with Gasteiger partial charge in [0.2, 0.25) is 0 Å². The zero-order valence-corrected chi connectivity index (χ0v) is 8.26. The Morgan fingerprint density at radius 2 is 2.36 bits per heavy atom. The Morgan fingerprint density at radius 3 is 2.82 bits per heavy atom. The van der Waals surface area contributed by atoms with Gasteiger partial charge >= 0.3 is 5.97 Å².